The van der Waals surface area contributed by atoms with Crippen molar-refractivity contribution in [2.24, 2.45) is 5.92 Å². The summed E-state index contributed by atoms with van der Waals surface area (Å²) in [5.41, 5.74) is 1.83. The molecular weight excluding hydrogens is 310 g/mol. The monoisotopic (exact) mass is 329 g/mol. The van der Waals surface area contributed by atoms with Crippen LogP contribution in [0.2, 0.25) is 5.02 Å². The highest BCUT2D eigenvalue weighted by Crippen LogP contribution is 2.39. The molecule has 2 aromatic rings. The number of halogens is 1. The summed E-state index contributed by atoms with van der Waals surface area (Å²) in [6.45, 7) is 1.82. The maximum absolute atomic E-state index is 12.6. The van der Waals surface area contributed by atoms with Crippen molar-refractivity contribution in [3.63, 3.8) is 0 Å². The first kappa shape index (κ1) is 16.0. The van der Waals surface area contributed by atoms with Gasteiger partial charge in [0.1, 0.15) is 0 Å². The summed E-state index contributed by atoms with van der Waals surface area (Å²) in [6, 6.07) is 15.3. The van der Waals surface area contributed by atoms with Gasteiger partial charge in [-0.15, -0.1) is 0 Å². The lowest BCUT2D eigenvalue weighted by atomic mass is 9.96. The summed E-state index contributed by atoms with van der Waals surface area (Å²) >= 11 is 6.22. The number of nitrogens with one attached hydrogen (secondary N) is 1. The van der Waals surface area contributed by atoms with Crippen molar-refractivity contribution < 1.29 is 9.90 Å². The topological polar surface area (TPSA) is 49.3 Å². The molecule has 23 heavy (non-hydrogen) atoms. The third kappa shape index (κ3) is 3.41. The fourth-order valence-electron chi connectivity index (χ4n) is 2.83. The normalized spacial score (nSPS) is 16.7. The van der Waals surface area contributed by atoms with E-state index in [0.717, 1.165) is 24.0 Å². The van der Waals surface area contributed by atoms with Crippen LogP contribution in [-0.2, 0) is 0 Å². The fourth-order valence-corrected chi connectivity index (χ4v) is 3.03. The standard InChI is InChI=1S/C19H20ClNO2/c1-19(12-22,15-8-9-15)21-18(23)16-11-14(7-10-17(16)20)13-5-3-2-4-6-13/h2-7,10-11,15,22H,8-9,12H2,1H3,(H,21,23). The van der Waals surface area contributed by atoms with Crippen LogP contribution in [0.3, 0.4) is 0 Å². The summed E-state index contributed by atoms with van der Waals surface area (Å²) in [5.74, 6) is 0.101. The van der Waals surface area contributed by atoms with Gasteiger partial charge in [0.2, 0.25) is 0 Å². The van der Waals surface area contributed by atoms with E-state index in [1.807, 2.05) is 43.3 Å². The van der Waals surface area contributed by atoms with Crippen molar-refractivity contribution >= 4 is 17.5 Å². The number of carbonyl (C=O) groups excluding carboxylic acids is 1. The van der Waals surface area contributed by atoms with Gasteiger partial charge >= 0.3 is 0 Å². The van der Waals surface area contributed by atoms with Gasteiger partial charge in [-0.25, -0.2) is 0 Å². The molecule has 1 unspecified atom stereocenters. The van der Waals surface area contributed by atoms with Gasteiger partial charge in [-0.2, -0.15) is 0 Å². The van der Waals surface area contributed by atoms with Crippen molar-refractivity contribution in [3.8, 4) is 11.1 Å². The molecule has 3 rings (SSSR count). The summed E-state index contributed by atoms with van der Waals surface area (Å²) < 4.78 is 0. The number of rotatable bonds is 5. The molecule has 0 aromatic heterocycles. The summed E-state index contributed by atoms with van der Waals surface area (Å²) in [5, 5.41) is 13.0. The van der Waals surface area contributed by atoms with Gasteiger partial charge in [0.25, 0.3) is 5.91 Å². The molecule has 1 aliphatic rings. The number of hydrogen-bond acceptors (Lipinski definition) is 2. The van der Waals surface area contributed by atoms with Crippen LogP contribution in [0, 0.1) is 5.92 Å². The van der Waals surface area contributed by atoms with E-state index in [2.05, 4.69) is 5.32 Å². The molecule has 0 bridgehead atoms. The lowest BCUT2D eigenvalue weighted by Crippen LogP contribution is -2.50. The van der Waals surface area contributed by atoms with Crippen LogP contribution in [-0.4, -0.2) is 23.2 Å². The molecule has 0 saturated heterocycles. The predicted octanol–water partition coefficient (Wildman–Crippen LogP) is 3.90. The average Bonchev–Trinajstić information content (AvgIpc) is 3.41. The lowest BCUT2D eigenvalue weighted by Gasteiger charge is -2.29. The largest absolute Gasteiger partial charge is 0.394 e. The average molecular weight is 330 g/mol. The van der Waals surface area contributed by atoms with E-state index >= 15 is 0 Å². The van der Waals surface area contributed by atoms with Crippen LogP contribution in [0.25, 0.3) is 11.1 Å². The Kier molecular flexibility index (Phi) is 4.42. The van der Waals surface area contributed by atoms with Crippen molar-refractivity contribution in [2.75, 3.05) is 6.61 Å². The molecule has 1 aliphatic carbocycles. The summed E-state index contributed by atoms with van der Waals surface area (Å²) in [7, 11) is 0. The Balaban J connectivity index is 1.88. The quantitative estimate of drug-likeness (QED) is 0.874. The zero-order chi connectivity index (χ0) is 16.4. The third-order valence-corrected chi connectivity index (χ3v) is 4.85. The molecule has 2 N–H and O–H groups in total. The number of aliphatic hydroxyl groups is 1. The van der Waals surface area contributed by atoms with E-state index in [-0.39, 0.29) is 12.5 Å². The lowest BCUT2D eigenvalue weighted by molar-refractivity contribution is 0.0825. The Morgan fingerprint density at radius 3 is 2.52 bits per heavy atom. The van der Waals surface area contributed by atoms with Gasteiger partial charge in [0, 0.05) is 0 Å². The first-order chi connectivity index (χ1) is 11.0. The van der Waals surface area contributed by atoms with Gasteiger partial charge in [-0.05, 0) is 48.9 Å². The SMILES string of the molecule is CC(CO)(NC(=O)c1cc(-c2ccccc2)ccc1Cl)C1CC1. The minimum Gasteiger partial charge on any atom is -0.394 e. The second kappa shape index (κ2) is 6.34. The highest BCUT2D eigenvalue weighted by atomic mass is 35.5. The van der Waals surface area contributed by atoms with Crippen LogP contribution in [0.15, 0.2) is 48.5 Å². The highest BCUT2D eigenvalue weighted by Gasteiger charge is 2.42. The zero-order valence-corrected chi connectivity index (χ0v) is 13.8. The van der Waals surface area contributed by atoms with Crippen LogP contribution >= 0.6 is 11.6 Å². The summed E-state index contributed by atoms with van der Waals surface area (Å²) in [6.07, 6.45) is 2.07. The Morgan fingerprint density at radius 2 is 1.91 bits per heavy atom. The maximum atomic E-state index is 12.6. The van der Waals surface area contributed by atoms with Gasteiger partial charge in [-0.3, -0.25) is 4.79 Å². The molecule has 3 nitrogen and oxygen atoms in total. The van der Waals surface area contributed by atoms with Gasteiger partial charge in [-0.1, -0.05) is 48.0 Å². The van der Waals surface area contributed by atoms with Crippen molar-refractivity contribution in [3.05, 3.63) is 59.1 Å². The van der Waals surface area contributed by atoms with Crippen LogP contribution in [0.4, 0.5) is 0 Å². The Morgan fingerprint density at radius 1 is 1.22 bits per heavy atom. The molecule has 0 aliphatic heterocycles. The first-order valence-corrected chi connectivity index (χ1v) is 8.19. The number of hydrogen-bond donors (Lipinski definition) is 2. The number of benzene rings is 2. The van der Waals surface area contributed by atoms with Crippen LogP contribution in [0.5, 0.6) is 0 Å². The predicted molar refractivity (Wildman–Crippen MR) is 92.6 cm³/mol. The molecule has 1 fully saturated rings. The molecule has 0 spiro atoms. The molecule has 4 heteroatoms. The van der Waals surface area contributed by atoms with Crippen molar-refractivity contribution in [2.45, 2.75) is 25.3 Å². The van der Waals surface area contributed by atoms with E-state index in [0.29, 0.717) is 16.5 Å². The van der Waals surface area contributed by atoms with Gasteiger partial charge in [0.05, 0.1) is 22.7 Å². The molecule has 1 amide bonds. The van der Waals surface area contributed by atoms with E-state index in [4.69, 9.17) is 11.6 Å². The Hall–Kier alpha value is -1.84. The van der Waals surface area contributed by atoms with E-state index in [1.165, 1.54) is 0 Å². The second-order valence-corrected chi connectivity index (χ2v) is 6.77. The minimum absolute atomic E-state index is 0.0700. The molecule has 1 saturated carbocycles. The van der Waals surface area contributed by atoms with E-state index < -0.39 is 5.54 Å². The Labute approximate surface area is 141 Å². The molecule has 0 heterocycles. The highest BCUT2D eigenvalue weighted by molar-refractivity contribution is 6.34. The zero-order valence-electron chi connectivity index (χ0n) is 13.1. The molecule has 2 aromatic carbocycles. The number of amides is 1. The molecule has 1 atom stereocenters. The number of carbonyl (C=O) groups is 1. The first-order valence-electron chi connectivity index (χ1n) is 7.82. The van der Waals surface area contributed by atoms with Gasteiger partial charge in [0.15, 0.2) is 0 Å². The smallest absolute Gasteiger partial charge is 0.253 e. The van der Waals surface area contributed by atoms with Crippen LogP contribution < -0.4 is 5.32 Å². The fraction of sp³-hybridized carbons (Fsp3) is 0.316. The van der Waals surface area contributed by atoms with Crippen molar-refractivity contribution in [1.29, 1.82) is 0 Å². The minimum atomic E-state index is -0.580. The molecular formula is C19H20ClNO2. The van der Waals surface area contributed by atoms with Gasteiger partial charge < -0.3 is 10.4 Å². The maximum Gasteiger partial charge on any atom is 0.253 e. The van der Waals surface area contributed by atoms with E-state index in [1.54, 1.807) is 12.1 Å². The van der Waals surface area contributed by atoms with Crippen LogP contribution in [0.1, 0.15) is 30.1 Å². The Bertz CT molecular complexity index is 713. The third-order valence-electron chi connectivity index (χ3n) is 4.52. The van der Waals surface area contributed by atoms with Crippen molar-refractivity contribution in [1.82, 2.24) is 5.32 Å². The number of aliphatic hydroxyl groups excluding tert-OH is 1. The molecule has 120 valence electrons. The molecule has 0 radical (unpaired) electrons. The second-order valence-electron chi connectivity index (χ2n) is 6.36. The summed E-state index contributed by atoms with van der Waals surface area (Å²) in [4.78, 5) is 12.6. The van der Waals surface area contributed by atoms with E-state index in [9.17, 15) is 9.90 Å².